The molecule has 0 aromatic heterocycles. The van der Waals surface area contributed by atoms with Crippen molar-refractivity contribution in [3.05, 3.63) is 41.6 Å². The van der Waals surface area contributed by atoms with E-state index in [0.29, 0.717) is 18.1 Å². The van der Waals surface area contributed by atoms with E-state index in [4.69, 9.17) is 0 Å². The van der Waals surface area contributed by atoms with Gasteiger partial charge in [0.15, 0.2) is 5.78 Å². The number of anilines is 1. The van der Waals surface area contributed by atoms with Gasteiger partial charge in [0, 0.05) is 23.9 Å². The van der Waals surface area contributed by atoms with E-state index in [1.807, 2.05) is 6.20 Å². The molecule has 0 bridgehead atoms. The standard InChI is InChI=1S/C16H21NO/c1-12(2)13-7-9-15(10-8-13)17-11-14-5-3-4-6-16(14)18/h7-12,17H,3-6H2,1-2H3. The number of hydrogen-bond acceptors (Lipinski definition) is 2. The van der Waals surface area contributed by atoms with Crippen LogP contribution in [0.3, 0.4) is 0 Å². The molecule has 96 valence electrons. The molecule has 1 aromatic carbocycles. The molecule has 0 atom stereocenters. The van der Waals surface area contributed by atoms with E-state index < -0.39 is 0 Å². The maximum atomic E-state index is 11.7. The summed E-state index contributed by atoms with van der Waals surface area (Å²) in [6, 6.07) is 8.40. The molecule has 1 aliphatic rings. The van der Waals surface area contributed by atoms with Crippen LogP contribution in [0.15, 0.2) is 36.0 Å². The fourth-order valence-corrected chi connectivity index (χ4v) is 2.19. The first-order chi connectivity index (χ1) is 8.66. The first-order valence-corrected chi connectivity index (χ1v) is 6.75. The van der Waals surface area contributed by atoms with Crippen LogP contribution in [-0.2, 0) is 4.79 Å². The zero-order valence-electron chi connectivity index (χ0n) is 11.2. The summed E-state index contributed by atoms with van der Waals surface area (Å²) in [6.07, 6.45) is 5.67. The Morgan fingerprint density at radius 3 is 2.39 bits per heavy atom. The van der Waals surface area contributed by atoms with Crippen LogP contribution in [0.1, 0.15) is 51.0 Å². The minimum absolute atomic E-state index is 0.299. The molecule has 2 heteroatoms. The molecule has 1 aromatic rings. The lowest BCUT2D eigenvalue weighted by Crippen LogP contribution is -2.09. The van der Waals surface area contributed by atoms with Gasteiger partial charge in [0.05, 0.1) is 0 Å². The lowest BCUT2D eigenvalue weighted by Gasteiger charge is -2.13. The van der Waals surface area contributed by atoms with Crippen molar-refractivity contribution in [1.82, 2.24) is 0 Å². The van der Waals surface area contributed by atoms with Gasteiger partial charge >= 0.3 is 0 Å². The second-order valence-electron chi connectivity index (χ2n) is 5.22. The molecule has 0 heterocycles. The molecular weight excluding hydrogens is 222 g/mol. The third kappa shape index (κ3) is 3.22. The van der Waals surface area contributed by atoms with Gasteiger partial charge in [0.2, 0.25) is 0 Å². The number of carbonyl (C=O) groups is 1. The normalized spacial score (nSPS) is 18.4. The Labute approximate surface area is 109 Å². The monoisotopic (exact) mass is 243 g/mol. The van der Waals surface area contributed by atoms with Gasteiger partial charge < -0.3 is 5.32 Å². The van der Waals surface area contributed by atoms with Crippen molar-refractivity contribution < 1.29 is 4.79 Å². The maximum Gasteiger partial charge on any atom is 0.160 e. The summed E-state index contributed by atoms with van der Waals surface area (Å²) in [5.74, 6) is 0.852. The maximum absolute atomic E-state index is 11.7. The highest BCUT2D eigenvalue weighted by Gasteiger charge is 2.14. The third-order valence-corrected chi connectivity index (χ3v) is 3.45. The molecule has 1 fully saturated rings. The average Bonchev–Trinajstić information content (AvgIpc) is 2.38. The van der Waals surface area contributed by atoms with Crippen molar-refractivity contribution in [3.63, 3.8) is 0 Å². The van der Waals surface area contributed by atoms with Gasteiger partial charge in [-0.05, 0) is 42.9 Å². The molecule has 1 aliphatic carbocycles. The van der Waals surface area contributed by atoms with Crippen molar-refractivity contribution in [2.45, 2.75) is 45.4 Å². The summed E-state index contributed by atoms with van der Waals surface area (Å²) in [4.78, 5) is 11.7. The van der Waals surface area contributed by atoms with Crippen LogP contribution in [0, 0.1) is 0 Å². The topological polar surface area (TPSA) is 29.1 Å². The van der Waals surface area contributed by atoms with E-state index in [-0.39, 0.29) is 0 Å². The molecule has 0 radical (unpaired) electrons. The van der Waals surface area contributed by atoms with Gasteiger partial charge in [-0.3, -0.25) is 4.79 Å². The summed E-state index contributed by atoms with van der Waals surface area (Å²) in [5, 5.41) is 3.23. The Morgan fingerprint density at radius 2 is 1.78 bits per heavy atom. The second-order valence-corrected chi connectivity index (χ2v) is 5.22. The minimum atomic E-state index is 0.299. The first-order valence-electron chi connectivity index (χ1n) is 6.75. The average molecular weight is 243 g/mol. The third-order valence-electron chi connectivity index (χ3n) is 3.45. The zero-order chi connectivity index (χ0) is 13.0. The second kappa shape index (κ2) is 5.85. The summed E-state index contributed by atoms with van der Waals surface area (Å²) in [6.45, 7) is 4.37. The zero-order valence-corrected chi connectivity index (χ0v) is 11.2. The van der Waals surface area contributed by atoms with E-state index in [1.165, 1.54) is 5.56 Å². The fraction of sp³-hybridized carbons (Fsp3) is 0.438. The van der Waals surface area contributed by atoms with E-state index in [2.05, 4.69) is 43.4 Å². The number of allylic oxidation sites excluding steroid dienone is 1. The number of nitrogens with one attached hydrogen (secondary N) is 1. The molecule has 0 saturated heterocycles. The van der Waals surface area contributed by atoms with E-state index in [9.17, 15) is 4.79 Å². The molecule has 2 rings (SSSR count). The van der Waals surface area contributed by atoms with Gasteiger partial charge in [-0.1, -0.05) is 26.0 Å². The number of hydrogen-bond donors (Lipinski definition) is 1. The lowest BCUT2D eigenvalue weighted by molar-refractivity contribution is -0.116. The highest BCUT2D eigenvalue weighted by Crippen LogP contribution is 2.21. The molecule has 1 saturated carbocycles. The molecule has 0 unspecified atom stereocenters. The minimum Gasteiger partial charge on any atom is -0.361 e. The number of benzene rings is 1. The van der Waals surface area contributed by atoms with Crippen molar-refractivity contribution in [3.8, 4) is 0 Å². The molecular formula is C16H21NO. The number of ketones is 1. The van der Waals surface area contributed by atoms with Crippen LogP contribution < -0.4 is 5.32 Å². The Morgan fingerprint density at radius 1 is 1.11 bits per heavy atom. The molecule has 2 nitrogen and oxygen atoms in total. The summed E-state index contributed by atoms with van der Waals surface area (Å²) < 4.78 is 0. The van der Waals surface area contributed by atoms with Gasteiger partial charge in [0.25, 0.3) is 0 Å². The van der Waals surface area contributed by atoms with Gasteiger partial charge in [-0.2, -0.15) is 0 Å². The van der Waals surface area contributed by atoms with E-state index in [0.717, 1.165) is 30.5 Å². The molecule has 0 spiro atoms. The first kappa shape index (κ1) is 12.9. The van der Waals surface area contributed by atoms with Crippen molar-refractivity contribution in [1.29, 1.82) is 0 Å². The van der Waals surface area contributed by atoms with Gasteiger partial charge in [-0.15, -0.1) is 0 Å². The molecule has 1 N–H and O–H groups in total. The number of carbonyl (C=O) groups excluding carboxylic acids is 1. The van der Waals surface area contributed by atoms with Crippen molar-refractivity contribution >= 4 is 11.5 Å². The van der Waals surface area contributed by atoms with Crippen molar-refractivity contribution in [2.75, 3.05) is 5.32 Å². The SMILES string of the molecule is CC(C)c1ccc(NC=C2CCCCC2=O)cc1. The predicted molar refractivity (Wildman–Crippen MR) is 75.7 cm³/mol. The van der Waals surface area contributed by atoms with Crippen LogP contribution >= 0.6 is 0 Å². The quantitative estimate of drug-likeness (QED) is 0.804. The van der Waals surface area contributed by atoms with Crippen LogP contribution in [0.2, 0.25) is 0 Å². The predicted octanol–water partition coefficient (Wildman–Crippen LogP) is 4.25. The Hall–Kier alpha value is -1.57. The summed E-state index contributed by atoms with van der Waals surface area (Å²) >= 11 is 0. The van der Waals surface area contributed by atoms with Gasteiger partial charge in [0.1, 0.15) is 0 Å². The highest BCUT2D eigenvalue weighted by atomic mass is 16.1. The highest BCUT2D eigenvalue weighted by molar-refractivity contribution is 5.96. The van der Waals surface area contributed by atoms with Crippen LogP contribution in [0.4, 0.5) is 5.69 Å². The van der Waals surface area contributed by atoms with E-state index >= 15 is 0 Å². The Balaban J connectivity index is 2.01. The Kier molecular flexibility index (Phi) is 4.19. The van der Waals surface area contributed by atoms with Crippen LogP contribution in [0.25, 0.3) is 0 Å². The lowest BCUT2D eigenvalue weighted by atomic mass is 9.94. The molecule has 0 aliphatic heterocycles. The largest absolute Gasteiger partial charge is 0.361 e. The number of Topliss-reactive ketones (excluding diaryl/α,β-unsaturated/α-hetero) is 1. The summed E-state index contributed by atoms with van der Waals surface area (Å²) in [7, 11) is 0. The Bertz CT molecular complexity index is 443. The van der Waals surface area contributed by atoms with Gasteiger partial charge in [-0.25, -0.2) is 0 Å². The van der Waals surface area contributed by atoms with Crippen molar-refractivity contribution in [2.24, 2.45) is 0 Å². The smallest absolute Gasteiger partial charge is 0.160 e. The molecule has 18 heavy (non-hydrogen) atoms. The van der Waals surface area contributed by atoms with Crippen LogP contribution in [-0.4, -0.2) is 5.78 Å². The summed E-state index contributed by atoms with van der Waals surface area (Å²) in [5.41, 5.74) is 3.32. The van der Waals surface area contributed by atoms with E-state index in [1.54, 1.807) is 0 Å². The molecule has 0 amide bonds. The fourth-order valence-electron chi connectivity index (χ4n) is 2.19. The van der Waals surface area contributed by atoms with Crippen LogP contribution in [0.5, 0.6) is 0 Å². The number of rotatable bonds is 3.